The summed E-state index contributed by atoms with van der Waals surface area (Å²) in [5.74, 6) is 1.08. The van der Waals surface area contributed by atoms with E-state index in [1.165, 1.54) is 33.4 Å². The molecule has 0 heterocycles. The van der Waals surface area contributed by atoms with Gasteiger partial charge in [0.1, 0.15) is 0 Å². The Hall–Kier alpha value is -2.08. The second kappa shape index (κ2) is 9.57. The van der Waals surface area contributed by atoms with Crippen LogP contribution in [-0.4, -0.2) is 0 Å². The van der Waals surface area contributed by atoms with Crippen LogP contribution >= 0.6 is 0 Å². The first-order valence-corrected chi connectivity index (χ1v) is 9.99. The lowest BCUT2D eigenvalue weighted by Crippen LogP contribution is -2.19. The minimum atomic E-state index is 0.512. The second-order valence-electron chi connectivity index (χ2n) is 7.35. The Labute approximate surface area is 160 Å². The molecule has 0 heteroatoms. The van der Waals surface area contributed by atoms with Crippen molar-refractivity contribution >= 4 is 11.6 Å². The molecular formula is C26H34. The monoisotopic (exact) mass is 346 g/mol. The van der Waals surface area contributed by atoms with Gasteiger partial charge in [0.15, 0.2) is 0 Å². The van der Waals surface area contributed by atoms with Gasteiger partial charge in [-0.3, -0.25) is 0 Å². The molecule has 138 valence electrons. The Morgan fingerprint density at radius 3 is 2.62 bits per heavy atom. The molecule has 0 nitrogen and oxygen atoms in total. The van der Waals surface area contributed by atoms with Crippen LogP contribution in [0.25, 0.3) is 11.6 Å². The van der Waals surface area contributed by atoms with E-state index in [-0.39, 0.29) is 0 Å². The van der Waals surface area contributed by atoms with Crippen molar-refractivity contribution in [2.75, 3.05) is 0 Å². The van der Waals surface area contributed by atoms with Crippen molar-refractivity contribution in [1.82, 2.24) is 0 Å². The highest BCUT2D eigenvalue weighted by Crippen LogP contribution is 2.42. The summed E-state index contributed by atoms with van der Waals surface area (Å²) in [5.41, 5.74) is 8.01. The molecule has 2 rings (SSSR count). The highest BCUT2D eigenvalue weighted by atomic mass is 14.3. The molecular weight excluding hydrogens is 312 g/mol. The molecule has 2 atom stereocenters. The van der Waals surface area contributed by atoms with Crippen LogP contribution in [0.3, 0.4) is 0 Å². The van der Waals surface area contributed by atoms with Gasteiger partial charge < -0.3 is 0 Å². The van der Waals surface area contributed by atoms with E-state index in [4.69, 9.17) is 0 Å². The summed E-state index contributed by atoms with van der Waals surface area (Å²) in [6.07, 6.45) is 14.8. The van der Waals surface area contributed by atoms with Crippen LogP contribution in [-0.2, 0) is 0 Å². The van der Waals surface area contributed by atoms with Crippen LogP contribution in [0.15, 0.2) is 71.9 Å². The topological polar surface area (TPSA) is 0 Å². The first kappa shape index (κ1) is 20.2. The zero-order valence-corrected chi connectivity index (χ0v) is 17.2. The van der Waals surface area contributed by atoms with Gasteiger partial charge in [0, 0.05) is 0 Å². The molecule has 0 saturated carbocycles. The molecule has 1 aromatic rings. The van der Waals surface area contributed by atoms with Crippen LogP contribution in [0, 0.1) is 11.8 Å². The molecule has 0 aliphatic heterocycles. The van der Waals surface area contributed by atoms with E-state index in [2.05, 4.69) is 95.8 Å². The van der Waals surface area contributed by atoms with Gasteiger partial charge in [-0.15, -0.1) is 0 Å². The summed E-state index contributed by atoms with van der Waals surface area (Å²) in [6, 6.07) is 8.61. The lowest BCUT2D eigenvalue weighted by molar-refractivity contribution is 0.439. The average Bonchev–Trinajstić information content (AvgIpc) is 2.65. The Bertz CT molecular complexity index is 752. The van der Waals surface area contributed by atoms with E-state index in [0.29, 0.717) is 11.8 Å². The molecule has 0 saturated heterocycles. The number of benzene rings is 1. The number of rotatable bonds is 7. The van der Waals surface area contributed by atoms with Gasteiger partial charge in [-0.05, 0) is 74.1 Å². The van der Waals surface area contributed by atoms with Gasteiger partial charge in [-0.25, -0.2) is 0 Å². The van der Waals surface area contributed by atoms with Gasteiger partial charge in [0.2, 0.25) is 0 Å². The molecule has 0 bridgehead atoms. The van der Waals surface area contributed by atoms with Gasteiger partial charge in [-0.1, -0.05) is 86.2 Å². The fraction of sp³-hybridized carbons (Fsp3) is 0.385. The minimum absolute atomic E-state index is 0.512. The fourth-order valence-corrected chi connectivity index (χ4v) is 3.88. The maximum absolute atomic E-state index is 4.55. The van der Waals surface area contributed by atoms with E-state index in [1.54, 1.807) is 0 Å². The van der Waals surface area contributed by atoms with E-state index < -0.39 is 0 Å². The van der Waals surface area contributed by atoms with Crippen molar-refractivity contribution in [3.05, 3.63) is 83.0 Å². The standard InChI is InChI=1S/C26H34/c1-7-10-14-22(9-3)26-18-20(5)19(4)17-25(26)21(6)24-16-12-11-15-23(24)13-8-2/h8,10-17,22,26H,6-7,9,18H2,1-5H3/b13-8-,14-10?. The largest absolute Gasteiger partial charge is 0.0908 e. The Morgan fingerprint density at radius 2 is 1.96 bits per heavy atom. The number of allylic oxidation sites excluding steroid dienone is 8. The summed E-state index contributed by atoms with van der Waals surface area (Å²) in [7, 11) is 0. The first-order chi connectivity index (χ1) is 12.5. The molecule has 0 radical (unpaired) electrons. The van der Waals surface area contributed by atoms with Gasteiger partial charge in [-0.2, -0.15) is 0 Å². The van der Waals surface area contributed by atoms with E-state index in [9.17, 15) is 0 Å². The van der Waals surface area contributed by atoms with Crippen molar-refractivity contribution < 1.29 is 0 Å². The molecule has 0 aromatic heterocycles. The summed E-state index contributed by atoms with van der Waals surface area (Å²) in [4.78, 5) is 0. The van der Waals surface area contributed by atoms with Crippen molar-refractivity contribution in [1.29, 1.82) is 0 Å². The number of hydrogen-bond acceptors (Lipinski definition) is 0. The predicted octanol–water partition coefficient (Wildman–Crippen LogP) is 8.01. The zero-order valence-electron chi connectivity index (χ0n) is 17.2. The maximum Gasteiger partial charge on any atom is -0.00558 e. The maximum atomic E-state index is 4.55. The van der Waals surface area contributed by atoms with Crippen molar-refractivity contribution in [2.45, 2.75) is 53.9 Å². The Morgan fingerprint density at radius 1 is 1.23 bits per heavy atom. The smallest absolute Gasteiger partial charge is 0.00558 e. The second-order valence-corrected chi connectivity index (χ2v) is 7.35. The summed E-state index contributed by atoms with van der Waals surface area (Å²) >= 11 is 0. The normalized spacial score (nSPS) is 19.3. The number of hydrogen-bond donors (Lipinski definition) is 0. The van der Waals surface area contributed by atoms with Gasteiger partial charge in [0.25, 0.3) is 0 Å². The first-order valence-electron chi connectivity index (χ1n) is 9.99. The van der Waals surface area contributed by atoms with Crippen molar-refractivity contribution in [3.63, 3.8) is 0 Å². The molecule has 26 heavy (non-hydrogen) atoms. The molecule has 0 N–H and O–H groups in total. The van der Waals surface area contributed by atoms with Crippen molar-refractivity contribution in [2.24, 2.45) is 11.8 Å². The highest BCUT2D eigenvalue weighted by molar-refractivity contribution is 5.84. The molecule has 0 spiro atoms. The molecule has 1 aliphatic carbocycles. The quantitative estimate of drug-likeness (QED) is 0.439. The predicted molar refractivity (Wildman–Crippen MR) is 118 cm³/mol. The fourth-order valence-electron chi connectivity index (χ4n) is 3.88. The Kier molecular flexibility index (Phi) is 7.45. The highest BCUT2D eigenvalue weighted by Gasteiger charge is 2.28. The SMILES string of the molecule is C=C(C1=CC(C)=C(C)CC1C(C=CCC)CC)c1ccccc1/C=C\C. The minimum Gasteiger partial charge on any atom is -0.0908 e. The van der Waals surface area contributed by atoms with Gasteiger partial charge in [0.05, 0.1) is 0 Å². The zero-order chi connectivity index (χ0) is 19.1. The third-order valence-corrected chi connectivity index (χ3v) is 5.56. The van der Waals surface area contributed by atoms with Crippen molar-refractivity contribution in [3.8, 4) is 0 Å². The van der Waals surface area contributed by atoms with E-state index in [0.717, 1.165) is 19.3 Å². The summed E-state index contributed by atoms with van der Waals surface area (Å²) in [6.45, 7) is 15.7. The third-order valence-electron chi connectivity index (χ3n) is 5.56. The molecule has 0 amide bonds. The summed E-state index contributed by atoms with van der Waals surface area (Å²) in [5, 5.41) is 0. The molecule has 2 unspecified atom stereocenters. The lowest BCUT2D eigenvalue weighted by atomic mass is 9.72. The van der Waals surface area contributed by atoms with Crippen LogP contribution in [0.1, 0.15) is 65.0 Å². The van der Waals surface area contributed by atoms with E-state index >= 15 is 0 Å². The van der Waals surface area contributed by atoms with Crippen LogP contribution < -0.4 is 0 Å². The summed E-state index contributed by atoms with van der Waals surface area (Å²) < 4.78 is 0. The lowest BCUT2D eigenvalue weighted by Gasteiger charge is -2.32. The van der Waals surface area contributed by atoms with E-state index in [1.807, 2.05) is 0 Å². The van der Waals surface area contributed by atoms with Crippen LogP contribution in [0.5, 0.6) is 0 Å². The third kappa shape index (κ3) is 4.55. The molecule has 1 aromatic carbocycles. The average molecular weight is 347 g/mol. The van der Waals surface area contributed by atoms with Crippen LogP contribution in [0.4, 0.5) is 0 Å². The van der Waals surface area contributed by atoms with Crippen LogP contribution in [0.2, 0.25) is 0 Å². The molecule has 0 fully saturated rings. The van der Waals surface area contributed by atoms with Gasteiger partial charge >= 0.3 is 0 Å². The molecule has 1 aliphatic rings. The Balaban J connectivity index is 2.49.